The van der Waals surface area contributed by atoms with E-state index in [2.05, 4.69) is 0 Å². The minimum absolute atomic E-state index is 0.102. The Hall–Kier alpha value is -1.88. The summed E-state index contributed by atoms with van der Waals surface area (Å²) in [5.74, 6) is -0.695. The highest BCUT2D eigenvalue weighted by Gasteiger charge is 2.50. The van der Waals surface area contributed by atoms with E-state index in [4.69, 9.17) is 5.73 Å². The lowest BCUT2D eigenvalue weighted by Crippen LogP contribution is -2.50. The molecule has 0 radical (unpaired) electrons. The first-order chi connectivity index (χ1) is 10.6. The molecule has 2 fully saturated rings. The van der Waals surface area contributed by atoms with E-state index in [0.717, 1.165) is 24.8 Å². The number of carbonyl (C=O) groups excluding carboxylic acids is 1. The van der Waals surface area contributed by atoms with Crippen molar-refractivity contribution in [3.63, 3.8) is 0 Å². The third kappa shape index (κ3) is 2.73. The Kier molecular flexibility index (Phi) is 4.16. The first-order valence-electron chi connectivity index (χ1n) is 7.90. The van der Waals surface area contributed by atoms with Crippen molar-refractivity contribution in [3.05, 3.63) is 35.9 Å². The molecule has 2 aliphatic rings. The molecule has 5 nitrogen and oxygen atoms in total. The Morgan fingerprint density at radius 2 is 2.00 bits per heavy atom. The van der Waals surface area contributed by atoms with Crippen LogP contribution in [0, 0.1) is 11.8 Å². The smallest absolute Gasteiger partial charge is 0.326 e. The zero-order valence-electron chi connectivity index (χ0n) is 12.5. The van der Waals surface area contributed by atoms with Crippen molar-refractivity contribution in [2.75, 3.05) is 6.54 Å². The molecular formula is C17H22N2O3. The number of fused-ring (bicyclic) bond motifs is 1. The predicted octanol–water partition coefficient (Wildman–Crippen LogP) is 1.27. The summed E-state index contributed by atoms with van der Waals surface area (Å²) >= 11 is 0. The van der Waals surface area contributed by atoms with Gasteiger partial charge in [-0.3, -0.25) is 4.79 Å². The van der Waals surface area contributed by atoms with Crippen LogP contribution in [-0.4, -0.2) is 40.5 Å². The van der Waals surface area contributed by atoms with Crippen LogP contribution in [0.15, 0.2) is 30.3 Å². The van der Waals surface area contributed by atoms with Crippen LogP contribution in [0.25, 0.3) is 0 Å². The molecule has 1 heterocycles. The van der Waals surface area contributed by atoms with Crippen LogP contribution < -0.4 is 5.73 Å². The molecule has 3 rings (SSSR count). The van der Waals surface area contributed by atoms with Crippen molar-refractivity contribution >= 4 is 11.9 Å². The molecule has 118 valence electrons. The molecule has 3 N–H and O–H groups in total. The number of rotatable bonds is 4. The first kappa shape index (κ1) is 15.0. The Bertz CT molecular complexity index is 560. The highest BCUT2D eigenvalue weighted by Crippen LogP contribution is 2.42. The van der Waals surface area contributed by atoms with Crippen molar-refractivity contribution in [2.24, 2.45) is 17.6 Å². The quantitative estimate of drug-likeness (QED) is 0.877. The van der Waals surface area contributed by atoms with Crippen LogP contribution in [-0.2, 0) is 16.0 Å². The van der Waals surface area contributed by atoms with Gasteiger partial charge in [0.1, 0.15) is 6.04 Å². The second-order valence-corrected chi connectivity index (χ2v) is 6.42. The van der Waals surface area contributed by atoms with Gasteiger partial charge in [0.25, 0.3) is 0 Å². The van der Waals surface area contributed by atoms with E-state index < -0.39 is 18.1 Å². The maximum absolute atomic E-state index is 12.6. The zero-order chi connectivity index (χ0) is 15.7. The van der Waals surface area contributed by atoms with E-state index in [1.807, 2.05) is 30.3 Å². The lowest BCUT2D eigenvalue weighted by atomic mass is 9.94. The summed E-state index contributed by atoms with van der Waals surface area (Å²) in [5.41, 5.74) is 7.05. The fraction of sp³-hybridized carbons (Fsp3) is 0.529. The van der Waals surface area contributed by atoms with E-state index >= 15 is 0 Å². The molecular weight excluding hydrogens is 280 g/mol. The molecule has 0 spiro atoms. The Morgan fingerprint density at radius 1 is 1.27 bits per heavy atom. The van der Waals surface area contributed by atoms with Gasteiger partial charge in [0, 0.05) is 6.54 Å². The first-order valence-corrected chi connectivity index (χ1v) is 7.90. The van der Waals surface area contributed by atoms with Gasteiger partial charge in [0.05, 0.1) is 6.04 Å². The third-order valence-corrected chi connectivity index (χ3v) is 5.04. The minimum atomic E-state index is -0.894. The Morgan fingerprint density at radius 3 is 2.68 bits per heavy atom. The summed E-state index contributed by atoms with van der Waals surface area (Å²) in [5, 5.41) is 9.52. The third-order valence-electron chi connectivity index (χ3n) is 5.04. The normalized spacial score (nSPS) is 28.4. The fourth-order valence-electron chi connectivity index (χ4n) is 4.02. The van der Waals surface area contributed by atoms with Gasteiger partial charge in [-0.05, 0) is 36.7 Å². The molecule has 1 aliphatic heterocycles. The van der Waals surface area contributed by atoms with Gasteiger partial charge in [0.15, 0.2) is 0 Å². The van der Waals surface area contributed by atoms with Crippen molar-refractivity contribution < 1.29 is 14.7 Å². The van der Waals surface area contributed by atoms with Gasteiger partial charge in [-0.15, -0.1) is 0 Å². The van der Waals surface area contributed by atoms with Gasteiger partial charge < -0.3 is 15.7 Å². The summed E-state index contributed by atoms with van der Waals surface area (Å²) in [6.07, 6.45) is 3.43. The predicted molar refractivity (Wildman–Crippen MR) is 82.1 cm³/mol. The lowest BCUT2D eigenvalue weighted by molar-refractivity contribution is -0.150. The van der Waals surface area contributed by atoms with Gasteiger partial charge in [-0.1, -0.05) is 36.8 Å². The van der Waals surface area contributed by atoms with E-state index in [1.165, 1.54) is 4.90 Å². The van der Waals surface area contributed by atoms with Crippen molar-refractivity contribution in [1.29, 1.82) is 0 Å². The maximum atomic E-state index is 12.6. The number of benzene rings is 1. The summed E-state index contributed by atoms with van der Waals surface area (Å²) in [6, 6.07) is 8.23. The number of likely N-dealkylation sites (tertiary alicyclic amines) is 1. The summed E-state index contributed by atoms with van der Waals surface area (Å²) in [7, 11) is 0. The largest absolute Gasteiger partial charge is 0.480 e. The number of hydrogen-bond acceptors (Lipinski definition) is 3. The molecule has 1 saturated carbocycles. The molecule has 4 atom stereocenters. The van der Waals surface area contributed by atoms with Crippen LogP contribution in [0.3, 0.4) is 0 Å². The van der Waals surface area contributed by atoms with Gasteiger partial charge in [0.2, 0.25) is 5.91 Å². The van der Waals surface area contributed by atoms with Crippen LogP contribution in [0.2, 0.25) is 0 Å². The van der Waals surface area contributed by atoms with Crippen LogP contribution >= 0.6 is 0 Å². The number of carbonyl (C=O) groups is 2. The molecule has 1 amide bonds. The van der Waals surface area contributed by atoms with E-state index in [1.54, 1.807) is 0 Å². The van der Waals surface area contributed by atoms with Crippen molar-refractivity contribution in [2.45, 2.75) is 37.8 Å². The fourth-order valence-corrected chi connectivity index (χ4v) is 4.02. The van der Waals surface area contributed by atoms with Crippen LogP contribution in [0.4, 0.5) is 0 Å². The van der Waals surface area contributed by atoms with Gasteiger partial charge >= 0.3 is 5.97 Å². The number of amides is 1. The van der Waals surface area contributed by atoms with E-state index in [-0.39, 0.29) is 11.8 Å². The molecule has 0 bridgehead atoms. The van der Waals surface area contributed by atoms with Gasteiger partial charge in [-0.25, -0.2) is 4.79 Å². The molecule has 1 aromatic carbocycles. The molecule has 22 heavy (non-hydrogen) atoms. The molecule has 1 aromatic rings. The standard InChI is InChI=1S/C17H22N2O3/c18-14(9-11-5-2-1-3-6-11)16(20)19-10-12-7-4-8-13(12)15(19)17(21)22/h1-3,5-6,12-15H,4,7-10,18H2,(H,21,22)/t12?,13?,14-,15-/m0/s1. The second-order valence-electron chi connectivity index (χ2n) is 6.42. The zero-order valence-corrected chi connectivity index (χ0v) is 12.5. The number of aliphatic carboxylic acids is 1. The lowest BCUT2D eigenvalue weighted by Gasteiger charge is -2.27. The summed E-state index contributed by atoms with van der Waals surface area (Å²) in [6.45, 7) is 0.545. The summed E-state index contributed by atoms with van der Waals surface area (Å²) < 4.78 is 0. The number of nitrogens with two attached hydrogens (primary N) is 1. The number of carboxylic acids is 1. The topological polar surface area (TPSA) is 83.6 Å². The SMILES string of the molecule is N[C@@H](Cc1ccccc1)C(=O)N1CC2CCCC2[C@H]1C(=O)O. The number of nitrogens with zero attached hydrogens (tertiary/aromatic N) is 1. The monoisotopic (exact) mass is 302 g/mol. The molecule has 1 saturated heterocycles. The molecule has 1 aliphatic carbocycles. The number of carboxylic acid groups (broad SMARTS) is 1. The minimum Gasteiger partial charge on any atom is -0.480 e. The van der Waals surface area contributed by atoms with Crippen molar-refractivity contribution in [3.8, 4) is 0 Å². The van der Waals surface area contributed by atoms with Gasteiger partial charge in [-0.2, -0.15) is 0 Å². The Labute approximate surface area is 130 Å². The molecule has 0 aromatic heterocycles. The number of hydrogen-bond donors (Lipinski definition) is 2. The highest BCUT2D eigenvalue weighted by atomic mass is 16.4. The van der Waals surface area contributed by atoms with E-state index in [0.29, 0.717) is 18.9 Å². The average molecular weight is 302 g/mol. The second kappa shape index (κ2) is 6.08. The molecule has 5 heteroatoms. The highest BCUT2D eigenvalue weighted by molar-refractivity contribution is 5.88. The average Bonchev–Trinajstić information content (AvgIpc) is 3.07. The van der Waals surface area contributed by atoms with Crippen molar-refractivity contribution in [1.82, 2.24) is 4.90 Å². The maximum Gasteiger partial charge on any atom is 0.326 e. The van der Waals surface area contributed by atoms with Crippen LogP contribution in [0.5, 0.6) is 0 Å². The molecule has 2 unspecified atom stereocenters. The van der Waals surface area contributed by atoms with E-state index in [9.17, 15) is 14.7 Å². The van der Waals surface area contributed by atoms with Crippen LogP contribution in [0.1, 0.15) is 24.8 Å². The Balaban J connectivity index is 1.72. The summed E-state index contributed by atoms with van der Waals surface area (Å²) in [4.78, 5) is 25.8.